The van der Waals surface area contributed by atoms with E-state index in [1.807, 2.05) is 60.7 Å². The van der Waals surface area contributed by atoms with Crippen molar-refractivity contribution in [3.05, 3.63) is 101 Å². The number of nitrogens with one attached hydrogen (secondary N) is 1. The van der Waals surface area contributed by atoms with Crippen LogP contribution < -0.4 is 5.32 Å². The van der Waals surface area contributed by atoms with Crippen LogP contribution in [0.25, 0.3) is 28.2 Å². The molecule has 1 fully saturated rings. The third-order valence-electron chi connectivity index (χ3n) is 8.21. The van der Waals surface area contributed by atoms with Crippen molar-refractivity contribution in [2.45, 2.75) is 44.6 Å². The molecule has 1 aliphatic heterocycles. The normalized spacial score (nSPS) is 15.0. The van der Waals surface area contributed by atoms with E-state index in [1.165, 1.54) is 31.9 Å². The molecule has 0 spiro atoms. The molecule has 2 aliphatic rings. The molecule has 0 saturated heterocycles. The Morgan fingerprint density at radius 3 is 2.42 bits per heavy atom. The van der Waals surface area contributed by atoms with Crippen LogP contribution in [0.2, 0.25) is 0 Å². The van der Waals surface area contributed by atoms with Crippen molar-refractivity contribution in [2.24, 2.45) is 0 Å². The molecule has 40 heavy (non-hydrogen) atoms. The average molecular weight is 533 g/mol. The summed E-state index contributed by atoms with van der Waals surface area (Å²) in [6, 6.07) is 22.9. The minimum absolute atomic E-state index is 0.0824. The lowest BCUT2D eigenvalue weighted by atomic mass is 9.81. The number of Topliss-reactive ketones (excluding diaryl/α,β-unsaturated/α-hetero) is 1. The molecule has 0 unspecified atom stereocenters. The van der Waals surface area contributed by atoms with Crippen LogP contribution in [-0.2, 0) is 16.1 Å². The van der Waals surface area contributed by atoms with Crippen molar-refractivity contribution < 1.29 is 19.1 Å². The van der Waals surface area contributed by atoms with Crippen molar-refractivity contribution in [3.63, 3.8) is 0 Å². The number of hydrogen-bond acceptors (Lipinski definition) is 4. The van der Waals surface area contributed by atoms with Crippen LogP contribution >= 0.6 is 0 Å². The van der Waals surface area contributed by atoms with E-state index in [2.05, 4.69) is 16.0 Å². The summed E-state index contributed by atoms with van der Waals surface area (Å²) in [5, 5.41) is 3.97. The highest BCUT2D eigenvalue weighted by Crippen LogP contribution is 2.46. The zero-order valence-electron chi connectivity index (χ0n) is 22.6. The van der Waals surface area contributed by atoms with Gasteiger partial charge in [-0.2, -0.15) is 0 Å². The topological polar surface area (TPSA) is 77.4 Å². The Bertz CT molecular complexity index is 1640. The maximum Gasteiger partial charge on any atom is 0.337 e. The molecule has 1 amide bonds. The molecule has 1 N–H and O–H groups in total. The van der Waals surface area contributed by atoms with Gasteiger partial charge in [-0.05, 0) is 48.1 Å². The lowest BCUT2D eigenvalue weighted by Gasteiger charge is -2.24. The van der Waals surface area contributed by atoms with Gasteiger partial charge in [0.25, 0.3) is 0 Å². The predicted molar refractivity (Wildman–Crippen MR) is 156 cm³/mol. The van der Waals surface area contributed by atoms with E-state index in [1.54, 1.807) is 12.1 Å². The van der Waals surface area contributed by atoms with Gasteiger partial charge in [-0.3, -0.25) is 9.59 Å². The van der Waals surface area contributed by atoms with E-state index in [0.717, 1.165) is 40.6 Å². The minimum atomic E-state index is -0.390. The Morgan fingerprint density at radius 1 is 0.900 bits per heavy atom. The molecule has 0 bridgehead atoms. The second-order valence-corrected chi connectivity index (χ2v) is 10.6. The summed E-state index contributed by atoms with van der Waals surface area (Å²) < 4.78 is 7.21. The number of benzene rings is 3. The fraction of sp³-hybridized carbons (Fsp3) is 0.265. The number of ketones is 1. The van der Waals surface area contributed by atoms with E-state index in [4.69, 9.17) is 4.74 Å². The fourth-order valence-corrected chi connectivity index (χ4v) is 6.26. The van der Waals surface area contributed by atoms with Gasteiger partial charge in [0, 0.05) is 27.6 Å². The van der Waals surface area contributed by atoms with Crippen LogP contribution in [0.4, 0.5) is 0 Å². The Morgan fingerprint density at radius 2 is 1.65 bits per heavy atom. The lowest BCUT2D eigenvalue weighted by Crippen LogP contribution is -2.31. The first-order chi connectivity index (χ1) is 19.5. The van der Waals surface area contributed by atoms with Crippen molar-refractivity contribution in [1.29, 1.82) is 0 Å². The number of amides is 1. The molecule has 6 nitrogen and oxygen atoms in total. The largest absolute Gasteiger partial charge is 0.465 e. The molecule has 6 rings (SSSR count). The lowest BCUT2D eigenvalue weighted by molar-refractivity contribution is -0.117. The number of aromatic nitrogens is 1. The van der Waals surface area contributed by atoms with E-state index in [9.17, 15) is 14.4 Å². The summed E-state index contributed by atoms with van der Waals surface area (Å²) in [7, 11) is 1.39. The average Bonchev–Trinajstić information content (AvgIpc) is 3.22. The van der Waals surface area contributed by atoms with Crippen molar-refractivity contribution in [1.82, 2.24) is 9.88 Å². The number of esters is 1. The molecule has 1 aromatic heterocycles. The van der Waals surface area contributed by atoms with Gasteiger partial charge < -0.3 is 14.6 Å². The van der Waals surface area contributed by atoms with Crippen LogP contribution in [0.3, 0.4) is 0 Å². The molecule has 6 heteroatoms. The van der Waals surface area contributed by atoms with Gasteiger partial charge in [0.1, 0.15) is 0 Å². The predicted octanol–water partition coefficient (Wildman–Crippen LogP) is 6.54. The maximum atomic E-state index is 13.6. The molecule has 0 radical (unpaired) electrons. The summed E-state index contributed by atoms with van der Waals surface area (Å²) in [5.74, 6) is -0.405. The number of methoxy groups -OCH3 is 1. The third kappa shape index (κ3) is 4.75. The number of carbonyl (C=O) groups is 3. The standard InChI is InChI=1S/C34H32N2O4/c1-40-34(39)25-16-17-28-29(19-25)36-21-26(33(38)35-20-30(37)22-10-4-2-5-11-22)18-24-14-8-9-15-27(24)32(36)31(28)23-12-6-3-7-13-23/h2,4-5,8-11,14-19,23H,3,6-7,12-13,20-21H2,1H3,(H,35,38). The number of rotatable bonds is 6. The van der Waals surface area contributed by atoms with E-state index < -0.39 is 5.97 Å². The summed E-state index contributed by atoms with van der Waals surface area (Å²) in [4.78, 5) is 38.7. The molecule has 2 heterocycles. The molecule has 3 aromatic carbocycles. The fourth-order valence-electron chi connectivity index (χ4n) is 6.26. The Balaban J connectivity index is 1.45. The first-order valence-electron chi connectivity index (χ1n) is 14.0. The van der Waals surface area contributed by atoms with Crippen molar-refractivity contribution in [2.75, 3.05) is 13.7 Å². The first-order valence-corrected chi connectivity index (χ1v) is 14.0. The van der Waals surface area contributed by atoms with Crippen LogP contribution in [0.1, 0.15) is 69.9 Å². The number of carbonyl (C=O) groups excluding carboxylic acids is 3. The number of fused-ring (bicyclic) bond motifs is 5. The summed E-state index contributed by atoms with van der Waals surface area (Å²) in [5.41, 5.74) is 6.96. The van der Waals surface area contributed by atoms with E-state index in [-0.39, 0.29) is 18.2 Å². The smallest absolute Gasteiger partial charge is 0.337 e. The highest BCUT2D eigenvalue weighted by Gasteiger charge is 2.30. The van der Waals surface area contributed by atoms with Gasteiger partial charge in [0.05, 0.1) is 31.5 Å². The Kier molecular flexibility index (Phi) is 7.08. The van der Waals surface area contributed by atoms with Crippen LogP contribution in [0.15, 0.2) is 78.4 Å². The molecule has 0 atom stereocenters. The molecular formula is C34H32N2O4. The summed E-state index contributed by atoms with van der Waals surface area (Å²) in [6.07, 6.45) is 7.82. The number of nitrogens with zero attached hydrogens (tertiary/aromatic N) is 1. The second kappa shape index (κ2) is 11.0. The number of hydrogen-bond donors (Lipinski definition) is 1. The minimum Gasteiger partial charge on any atom is -0.465 e. The van der Waals surface area contributed by atoms with Gasteiger partial charge in [-0.15, -0.1) is 0 Å². The Labute approximate surface area is 233 Å². The SMILES string of the molecule is COC(=O)c1ccc2c(C3CCCCC3)c3n(c2c1)CC(C(=O)NCC(=O)c1ccccc1)=Cc1ccccc1-3. The van der Waals surface area contributed by atoms with Crippen molar-refractivity contribution in [3.8, 4) is 11.3 Å². The second-order valence-electron chi connectivity index (χ2n) is 10.6. The van der Waals surface area contributed by atoms with Crippen LogP contribution in [0, 0.1) is 0 Å². The monoisotopic (exact) mass is 532 g/mol. The first kappa shape index (κ1) is 25.8. The maximum absolute atomic E-state index is 13.6. The molecule has 1 saturated carbocycles. The molecular weight excluding hydrogens is 500 g/mol. The molecule has 202 valence electrons. The molecule has 1 aliphatic carbocycles. The van der Waals surface area contributed by atoms with Crippen LogP contribution in [-0.4, -0.2) is 35.9 Å². The highest BCUT2D eigenvalue weighted by atomic mass is 16.5. The quantitative estimate of drug-likeness (QED) is 0.226. The van der Waals surface area contributed by atoms with Crippen molar-refractivity contribution >= 4 is 34.6 Å². The van der Waals surface area contributed by atoms with Gasteiger partial charge in [0.15, 0.2) is 5.78 Å². The third-order valence-corrected chi connectivity index (χ3v) is 8.21. The summed E-state index contributed by atoms with van der Waals surface area (Å²) >= 11 is 0. The van der Waals surface area contributed by atoms with Gasteiger partial charge >= 0.3 is 5.97 Å². The van der Waals surface area contributed by atoms with E-state index >= 15 is 0 Å². The van der Waals surface area contributed by atoms with Gasteiger partial charge in [0.2, 0.25) is 5.91 Å². The van der Waals surface area contributed by atoms with Gasteiger partial charge in [-0.25, -0.2) is 4.79 Å². The van der Waals surface area contributed by atoms with Gasteiger partial charge in [-0.1, -0.05) is 79.9 Å². The van der Waals surface area contributed by atoms with E-state index in [0.29, 0.717) is 29.2 Å². The Hall–Kier alpha value is -4.45. The summed E-state index contributed by atoms with van der Waals surface area (Å²) in [6.45, 7) is 0.240. The number of ether oxygens (including phenoxy) is 1. The zero-order chi connectivity index (χ0) is 27.6. The molecule has 4 aromatic rings. The highest BCUT2D eigenvalue weighted by molar-refractivity contribution is 6.06. The zero-order valence-corrected chi connectivity index (χ0v) is 22.6. The van der Waals surface area contributed by atoms with Crippen LogP contribution in [0.5, 0.6) is 0 Å².